The summed E-state index contributed by atoms with van der Waals surface area (Å²) in [6, 6.07) is 9.85. The van der Waals surface area contributed by atoms with Gasteiger partial charge >= 0.3 is 0 Å². The van der Waals surface area contributed by atoms with Gasteiger partial charge in [0.2, 0.25) is 5.91 Å². The van der Waals surface area contributed by atoms with Crippen molar-refractivity contribution < 1.29 is 19.4 Å². The molecule has 1 aromatic carbocycles. The number of carbonyl (C=O) groups is 2. The van der Waals surface area contributed by atoms with Crippen LogP contribution in [-0.2, 0) is 29.1 Å². The number of carboxylic acid groups (broad SMARTS) is 1. The zero-order chi connectivity index (χ0) is 24.0. The van der Waals surface area contributed by atoms with Gasteiger partial charge in [-0.2, -0.15) is 10.4 Å². The Morgan fingerprint density at radius 3 is 2.79 bits per heavy atom. The van der Waals surface area contributed by atoms with Crippen LogP contribution in [0.2, 0.25) is 0 Å². The minimum atomic E-state index is -0.250. The van der Waals surface area contributed by atoms with Gasteiger partial charge in [-0.1, -0.05) is 6.07 Å². The van der Waals surface area contributed by atoms with E-state index in [4.69, 9.17) is 20.4 Å². The number of nitrogens with two attached hydrogens (primary N) is 1. The van der Waals surface area contributed by atoms with E-state index >= 15 is 0 Å². The third-order valence-corrected chi connectivity index (χ3v) is 5.40. The first-order chi connectivity index (χ1) is 15.9. The molecule has 4 rings (SSSR count). The molecule has 170 valence electrons. The lowest BCUT2D eigenvalue weighted by atomic mass is 9.90. The van der Waals surface area contributed by atoms with Gasteiger partial charge in [0.05, 0.1) is 19.3 Å². The first-order valence-corrected chi connectivity index (χ1v) is 10.1. The fourth-order valence-electron chi connectivity index (χ4n) is 3.91. The average molecular weight is 448 g/mol. The van der Waals surface area contributed by atoms with Crippen molar-refractivity contribution in [3.8, 4) is 22.9 Å². The molecule has 0 bridgehead atoms. The summed E-state index contributed by atoms with van der Waals surface area (Å²) in [5.74, 6) is 0.942. The van der Waals surface area contributed by atoms with Crippen LogP contribution < -0.4 is 10.5 Å². The number of aromatic nitrogens is 3. The molecule has 33 heavy (non-hydrogen) atoms. The smallest absolute Gasteiger partial charge is 0.290 e. The van der Waals surface area contributed by atoms with Gasteiger partial charge in [0.15, 0.2) is 0 Å². The summed E-state index contributed by atoms with van der Waals surface area (Å²) in [4.78, 5) is 26.6. The Bertz CT molecular complexity index is 1200. The van der Waals surface area contributed by atoms with Gasteiger partial charge in [-0.15, -0.1) is 0 Å². The van der Waals surface area contributed by atoms with E-state index in [1.54, 1.807) is 29.8 Å². The largest absolute Gasteiger partial charge is 0.496 e. The topological polar surface area (TPSA) is 147 Å². The second-order valence-electron chi connectivity index (χ2n) is 7.31. The Balaban J connectivity index is 0.000000968. The molecule has 1 aliphatic rings. The summed E-state index contributed by atoms with van der Waals surface area (Å²) in [6.07, 6.45) is 4.21. The van der Waals surface area contributed by atoms with Crippen LogP contribution in [0.15, 0.2) is 36.7 Å². The number of nitriles is 1. The molecule has 0 radical (unpaired) electrons. The maximum absolute atomic E-state index is 12.0. The standard InChI is InChI=1S/C22H22N6O2.CH2O2/c1-14(29)27-9-6-19-18(13-27)21(17(11-23)22(24)26-19)15-4-5-20(30-2)16(10-15)12-28-8-3-7-25-28;2-1-3/h3-5,7-8,10H,6,9,12-13H2,1-2H3,(H2,24,26);1H,(H,2,3). The van der Waals surface area contributed by atoms with Crippen molar-refractivity contribution in [3.63, 3.8) is 0 Å². The van der Waals surface area contributed by atoms with Crippen LogP contribution in [0.4, 0.5) is 5.82 Å². The van der Waals surface area contributed by atoms with Crippen molar-refractivity contribution >= 4 is 18.2 Å². The number of rotatable bonds is 4. The van der Waals surface area contributed by atoms with Crippen LogP contribution >= 0.6 is 0 Å². The average Bonchev–Trinajstić information content (AvgIpc) is 3.31. The van der Waals surface area contributed by atoms with Crippen LogP contribution in [0.25, 0.3) is 11.1 Å². The van der Waals surface area contributed by atoms with E-state index < -0.39 is 0 Å². The normalized spacial score (nSPS) is 12.1. The minimum absolute atomic E-state index is 0.00367. The van der Waals surface area contributed by atoms with E-state index in [1.807, 2.05) is 30.5 Å². The summed E-state index contributed by atoms with van der Waals surface area (Å²) in [6.45, 7) is 2.82. The molecule has 1 amide bonds. The highest BCUT2D eigenvalue weighted by Gasteiger charge is 2.26. The molecule has 10 nitrogen and oxygen atoms in total. The van der Waals surface area contributed by atoms with Crippen molar-refractivity contribution in [2.45, 2.75) is 26.4 Å². The minimum Gasteiger partial charge on any atom is -0.496 e. The number of nitrogens with zero attached hydrogens (tertiary/aromatic N) is 5. The molecule has 0 saturated heterocycles. The number of benzene rings is 1. The maximum Gasteiger partial charge on any atom is 0.290 e. The Kier molecular flexibility index (Phi) is 7.25. The molecule has 1 aliphatic heterocycles. The number of nitrogen functional groups attached to an aromatic ring is 1. The van der Waals surface area contributed by atoms with Gasteiger partial charge in [-0.3, -0.25) is 14.3 Å². The third kappa shape index (κ3) is 4.93. The molecule has 3 N–H and O–H groups in total. The number of carbonyl (C=O) groups excluding carboxylic acids is 1. The first kappa shape index (κ1) is 23.3. The van der Waals surface area contributed by atoms with Crippen molar-refractivity contribution in [2.24, 2.45) is 0 Å². The maximum atomic E-state index is 12.0. The molecule has 10 heteroatoms. The molecular formula is C23H24N6O4. The third-order valence-electron chi connectivity index (χ3n) is 5.40. The molecule has 0 atom stereocenters. The molecule has 3 heterocycles. The number of pyridine rings is 1. The molecule has 0 spiro atoms. The predicted octanol–water partition coefficient (Wildman–Crippen LogP) is 2.06. The summed E-state index contributed by atoms with van der Waals surface area (Å²) < 4.78 is 7.34. The number of amides is 1. The molecule has 3 aromatic rings. The highest BCUT2D eigenvalue weighted by molar-refractivity contribution is 5.81. The van der Waals surface area contributed by atoms with Gasteiger partial charge in [0.1, 0.15) is 23.2 Å². The van der Waals surface area contributed by atoms with Crippen molar-refractivity contribution in [3.05, 3.63) is 59.0 Å². The van der Waals surface area contributed by atoms with Crippen molar-refractivity contribution in [1.29, 1.82) is 5.26 Å². The lowest BCUT2D eigenvalue weighted by molar-refractivity contribution is -0.129. The zero-order valence-corrected chi connectivity index (χ0v) is 18.4. The molecule has 0 saturated carbocycles. The van der Waals surface area contributed by atoms with E-state index in [2.05, 4.69) is 16.2 Å². The van der Waals surface area contributed by atoms with Crippen LogP contribution in [-0.4, -0.2) is 50.8 Å². The second kappa shape index (κ2) is 10.3. The van der Waals surface area contributed by atoms with Crippen LogP contribution in [0.1, 0.15) is 29.3 Å². The number of hydrogen-bond donors (Lipinski definition) is 2. The fraction of sp³-hybridized carbons (Fsp3) is 0.261. The van der Waals surface area contributed by atoms with Gasteiger partial charge in [-0.25, -0.2) is 4.98 Å². The quantitative estimate of drug-likeness (QED) is 0.576. The molecular weight excluding hydrogens is 424 g/mol. The Morgan fingerprint density at radius 2 is 2.18 bits per heavy atom. The molecule has 0 aliphatic carbocycles. The van der Waals surface area contributed by atoms with E-state index in [0.29, 0.717) is 31.6 Å². The van der Waals surface area contributed by atoms with Gasteiger partial charge in [0, 0.05) is 55.5 Å². The van der Waals surface area contributed by atoms with E-state index in [1.165, 1.54) is 0 Å². The number of anilines is 1. The predicted molar refractivity (Wildman–Crippen MR) is 120 cm³/mol. The highest BCUT2D eigenvalue weighted by atomic mass is 16.5. The summed E-state index contributed by atoms with van der Waals surface area (Å²) >= 11 is 0. The van der Waals surface area contributed by atoms with E-state index in [-0.39, 0.29) is 18.2 Å². The summed E-state index contributed by atoms with van der Waals surface area (Å²) in [7, 11) is 1.62. The Hall–Kier alpha value is -4.39. The molecule has 2 aromatic heterocycles. The highest BCUT2D eigenvalue weighted by Crippen LogP contribution is 2.37. The van der Waals surface area contributed by atoms with E-state index in [9.17, 15) is 10.1 Å². The fourth-order valence-corrected chi connectivity index (χ4v) is 3.91. The van der Waals surface area contributed by atoms with Crippen molar-refractivity contribution in [2.75, 3.05) is 19.4 Å². The molecule has 0 unspecified atom stereocenters. The number of ether oxygens (including phenoxy) is 1. The Labute approximate surface area is 190 Å². The first-order valence-electron chi connectivity index (χ1n) is 10.1. The van der Waals surface area contributed by atoms with Crippen LogP contribution in [0.5, 0.6) is 5.75 Å². The van der Waals surface area contributed by atoms with Crippen LogP contribution in [0.3, 0.4) is 0 Å². The van der Waals surface area contributed by atoms with Crippen LogP contribution in [0, 0.1) is 11.3 Å². The lowest BCUT2D eigenvalue weighted by Gasteiger charge is -2.30. The lowest BCUT2D eigenvalue weighted by Crippen LogP contribution is -2.35. The summed E-state index contributed by atoms with van der Waals surface area (Å²) in [5.41, 5.74) is 10.7. The number of hydrogen-bond acceptors (Lipinski definition) is 7. The van der Waals surface area contributed by atoms with Crippen molar-refractivity contribution in [1.82, 2.24) is 19.7 Å². The summed E-state index contributed by atoms with van der Waals surface area (Å²) in [5, 5.41) is 21.0. The molecule has 0 fully saturated rings. The monoisotopic (exact) mass is 448 g/mol. The van der Waals surface area contributed by atoms with E-state index in [0.717, 1.165) is 33.7 Å². The number of fused-ring (bicyclic) bond motifs is 1. The second-order valence-corrected chi connectivity index (χ2v) is 7.31. The SMILES string of the molecule is COc1ccc(-c2c(C#N)c(N)nc3c2CN(C(C)=O)CC3)cc1Cn1cccn1.O=CO. The zero-order valence-electron chi connectivity index (χ0n) is 18.4. The number of methoxy groups -OCH3 is 1. The Morgan fingerprint density at radius 1 is 1.42 bits per heavy atom. The van der Waals surface area contributed by atoms with Gasteiger partial charge in [0.25, 0.3) is 6.47 Å². The van der Waals surface area contributed by atoms with Gasteiger partial charge < -0.3 is 20.5 Å². The van der Waals surface area contributed by atoms with Gasteiger partial charge in [-0.05, 0) is 23.8 Å².